The van der Waals surface area contributed by atoms with E-state index in [1.165, 1.54) is 25.7 Å². The second-order valence-electron chi connectivity index (χ2n) is 2.45. The minimum atomic E-state index is 1.23. The van der Waals surface area contributed by atoms with Crippen molar-refractivity contribution < 1.29 is 0 Å². The van der Waals surface area contributed by atoms with Crippen LogP contribution in [0.5, 0.6) is 0 Å². The summed E-state index contributed by atoms with van der Waals surface area (Å²) in [5.41, 5.74) is 0. The molecule has 0 saturated carbocycles. The molecule has 0 aromatic rings. The summed E-state index contributed by atoms with van der Waals surface area (Å²) in [4.78, 5) is 0. The first-order valence-electron chi connectivity index (χ1n) is 4.19. The van der Waals surface area contributed by atoms with Gasteiger partial charge in [0.15, 0.2) is 0 Å². The molecule has 10 heavy (non-hydrogen) atoms. The van der Waals surface area contributed by atoms with E-state index in [1.54, 1.807) is 0 Å². The summed E-state index contributed by atoms with van der Waals surface area (Å²) in [7, 11) is 0. The Bertz CT molecular complexity index is 98.6. The van der Waals surface area contributed by atoms with Crippen molar-refractivity contribution in [3.05, 3.63) is 24.3 Å². The third-order valence-electron chi connectivity index (χ3n) is 1.41. The summed E-state index contributed by atoms with van der Waals surface area (Å²) in [6.45, 7) is 4.27. The monoisotopic (exact) mass is 138 g/mol. The molecule has 0 rings (SSSR count). The van der Waals surface area contributed by atoms with Crippen LogP contribution in [0.1, 0.15) is 39.5 Å². The number of unbranched alkanes of at least 4 members (excludes halogenated alkanes) is 3. The molecule has 0 bridgehead atoms. The lowest BCUT2D eigenvalue weighted by Gasteiger charge is -1.89. The first kappa shape index (κ1) is 9.48. The predicted molar refractivity (Wildman–Crippen MR) is 48.1 cm³/mol. The van der Waals surface area contributed by atoms with Gasteiger partial charge in [-0.1, -0.05) is 44.1 Å². The Morgan fingerprint density at radius 2 is 1.90 bits per heavy atom. The van der Waals surface area contributed by atoms with Crippen LogP contribution in [-0.4, -0.2) is 0 Å². The second kappa shape index (κ2) is 8.48. The Kier molecular flexibility index (Phi) is 8.04. The Morgan fingerprint density at radius 3 is 2.50 bits per heavy atom. The molecule has 0 amide bonds. The topological polar surface area (TPSA) is 0 Å². The molecule has 0 unspecified atom stereocenters. The van der Waals surface area contributed by atoms with Gasteiger partial charge in [-0.05, 0) is 19.8 Å². The summed E-state index contributed by atoms with van der Waals surface area (Å²) in [6, 6.07) is 0. The first-order chi connectivity index (χ1) is 4.91. The average Bonchev–Trinajstić information content (AvgIpc) is 1.97. The van der Waals surface area contributed by atoms with E-state index < -0.39 is 0 Å². The summed E-state index contributed by atoms with van der Waals surface area (Å²) in [5, 5.41) is 0. The largest absolute Gasteiger partial charge is 0.0877 e. The molecule has 0 aliphatic carbocycles. The molecule has 0 fully saturated rings. The summed E-state index contributed by atoms with van der Waals surface area (Å²) >= 11 is 0. The van der Waals surface area contributed by atoms with Crippen molar-refractivity contribution in [1.82, 2.24) is 0 Å². The van der Waals surface area contributed by atoms with E-state index in [9.17, 15) is 0 Å². The zero-order chi connectivity index (χ0) is 7.66. The minimum absolute atomic E-state index is 1.23. The van der Waals surface area contributed by atoms with Crippen LogP contribution in [0, 0.1) is 0 Å². The zero-order valence-corrected chi connectivity index (χ0v) is 7.14. The smallest absolute Gasteiger partial charge is 0.0348 e. The van der Waals surface area contributed by atoms with E-state index in [4.69, 9.17) is 0 Å². The molecule has 0 radical (unpaired) electrons. The highest BCUT2D eigenvalue weighted by Crippen LogP contribution is 1.99. The molecule has 0 aromatic heterocycles. The van der Waals surface area contributed by atoms with Gasteiger partial charge in [0, 0.05) is 0 Å². The summed E-state index contributed by atoms with van der Waals surface area (Å²) in [6.07, 6.45) is 13.7. The maximum Gasteiger partial charge on any atom is -0.0348 e. The third-order valence-corrected chi connectivity index (χ3v) is 1.41. The highest BCUT2D eigenvalue weighted by atomic mass is 13.9. The maximum absolute atomic E-state index is 2.23. The molecule has 0 nitrogen and oxygen atoms in total. The van der Waals surface area contributed by atoms with E-state index in [0.717, 1.165) is 0 Å². The van der Waals surface area contributed by atoms with Gasteiger partial charge in [-0.15, -0.1) is 0 Å². The van der Waals surface area contributed by atoms with Crippen molar-refractivity contribution in [3.8, 4) is 0 Å². The van der Waals surface area contributed by atoms with E-state index in [2.05, 4.69) is 31.2 Å². The van der Waals surface area contributed by atoms with E-state index in [1.807, 2.05) is 6.92 Å². The molecule has 0 aliphatic heterocycles. The van der Waals surface area contributed by atoms with Gasteiger partial charge in [-0.3, -0.25) is 0 Å². The zero-order valence-electron chi connectivity index (χ0n) is 7.14. The molecule has 0 heterocycles. The average molecular weight is 138 g/mol. The van der Waals surface area contributed by atoms with E-state index in [-0.39, 0.29) is 0 Å². The van der Waals surface area contributed by atoms with Gasteiger partial charge in [0.2, 0.25) is 0 Å². The molecule has 0 N–H and O–H groups in total. The van der Waals surface area contributed by atoms with Crippen LogP contribution in [-0.2, 0) is 0 Å². The molecule has 0 aliphatic rings. The quantitative estimate of drug-likeness (QED) is 0.401. The van der Waals surface area contributed by atoms with Crippen molar-refractivity contribution in [2.24, 2.45) is 0 Å². The Hall–Kier alpha value is -0.520. The molecule has 0 spiro atoms. The minimum Gasteiger partial charge on any atom is -0.0877 e. The molecule has 0 aromatic carbocycles. The molecular formula is C10H18. The van der Waals surface area contributed by atoms with Gasteiger partial charge >= 0.3 is 0 Å². The maximum atomic E-state index is 2.23. The van der Waals surface area contributed by atoms with Crippen LogP contribution in [0.4, 0.5) is 0 Å². The first-order valence-corrected chi connectivity index (χ1v) is 4.19. The van der Waals surface area contributed by atoms with Gasteiger partial charge in [-0.25, -0.2) is 0 Å². The number of hydrogen-bond acceptors (Lipinski definition) is 0. The molecule has 0 heteroatoms. The highest BCUT2D eigenvalue weighted by molar-refractivity contribution is 5.00. The lowest BCUT2D eigenvalue weighted by molar-refractivity contribution is 0.729. The van der Waals surface area contributed by atoms with E-state index >= 15 is 0 Å². The molecule has 0 atom stereocenters. The summed E-state index contributed by atoms with van der Waals surface area (Å²) < 4.78 is 0. The van der Waals surface area contributed by atoms with Crippen LogP contribution < -0.4 is 0 Å². The Morgan fingerprint density at radius 1 is 1.10 bits per heavy atom. The lowest BCUT2D eigenvalue weighted by atomic mass is 10.2. The summed E-state index contributed by atoms with van der Waals surface area (Å²) in [5.74, 6) is 0. The molecular weight excluding hydrogens is 120 g/mol. The Balaban J connectivity index is 3.02. The van der Waals surface area contributed by atoms with Crippen molar-refractivity contribution in [3.63, 3.8) is 0 Å². The van der Waals surface area contributed by atoms with Gasteiger partial charge in [0.05, 0.1) is 0 Å². The fourth-order valence-corrected chi connectivity index (χ4v) is 0.798. The van der Waals surface area contributed by atoms with Crippen molar-refractivity contribution in [2.45, 2.75) is 39.5 Å². The standard InChI is InChI=1S/C10H18/c1-3-5-7-9-10-8-6-4-2/h3,5,7,9H,4,6,8,10H2,1-2H3/b5-3+,9-7?. The van der Waals surface area contributed by atoms with Gasteiger partial charge in [0.25, 0.3) is 0 Å². The van der Waals surface area contributed by atoms with Gasteiger partial charge < -0.3 is 0 Å². The number of hydrogen-bond donors (Lipinski definition) is 0. The van der Waals surface area contributed by atoms with Crippen LogP contribution in [0.3, 0.4) is 0 Å². The number of allylic oxidation sites excluding steroid dienone is 4. The normalized spacial score (nSPS) is 11.8. The van der Waals surface area contributed by atoms with Crippen LogP contribution >= 0.6 is 0 Å². The number of rotatable bonds is 5. The fraction of sp³-hybridized carbons (Fsp3) is 0.600. The fourth-order valence-electron chi connectivity index (χ4n) is 0.798. The second-order valence-corrected chi connectivity index (χ2v) is 2.45. The lowest BCUT2D eigenvalue weighted by Crippen LogP contribution is -1.69. The van der Waals surface area contributed by atoms with Crippen molar-refractivity contribution >= 4 is 0 Å². The van der Waals surface area contributed by atoms with Crippen LogP contribution in [0.15, 0.2) is 24.3 Å². The van der Waals surface area contributed by atoms with Gasteiger partial charge in [-0.2, -0.15) is 0 Å². The predicted octanol–water partition coefficient (Wildman–Crippen LogP) is 3.70. The van der Waals surface area contributed by atoms with Crippen molar-refractivity contribution in [2.75, 3.05) is 0 Å². The van der Waals surface area contributed by atoms with E-state index in [0.29, 0.717) is 0 Å². The van der Waals surface area contributed by atoms with Gasteiger partial charge in [0.1, 0.15) is 0 Å². The van der Waals surface area contributed by atoms with Crippen molar-refractivity contribution in [1.29, 1.82) is 0 Å². The highest BCUT2D eigenvalue weighted by Gasteiger charge is 1.79. The Labute approximate surface area is 64.6 Å². The molecule has 58 valence electrons. The third kappa shape index (κ3) is 7.48. The van der Waals surface area contributed by atoms with Crippen LogP contribution in [0.25, 0.3) is 0 Å². The molecule has 0 saturated heterocycles. The SMILES string of the molecule is C/C=C/C=CCCCCC. The van der Waals surface area contributed by atoms with Crippen LogP contribution in [0.2, 0.25) is 0 Å².